The molecule has 5 nitrogen and oxygen atoms in total. The van der Waals surface area contributed by atoms with Gasteiger partial charge < -0.3 is 14.4 Å². The molecule has 1 heterocycles. The van der Waals surface area contributed by atoms with E-state index in [0.717, 1.165) is 15.5 Å². The number of aryl methyl sites for hydroxylation is 1. The maximum atomic E-state index is 9.87. The number of hydrogen-bond donors (Lipinski definition) is 1. The van der Waals surface area contributed by atoms with E-state index < -0.39 is 0 Å². The van der Waals surface area contributed by atoms with Crippen LogP contribution in [0.4, 0.5) is 5.95 Å². The number of rotatable bonds is 3. The third-order valence-electron chi connectivity index (χ3n) is 3.37. The monoisotopic (exact) mass is 359 g/mol. The lowest BCUT2D eigenvalue weighted by atomic mass is 10.2. The number of ether oxygens (including phenoxy) is 1. The van der Waals surface area contributed by atoms with E-state index in [9.17, 15) is 5.11 Å². The molecular formula is C16H14BrN3O2. The van der Waals surface area contributed by atoms with Crippen LogP contribution in [0.15, 0.2) is 45.9 Å². The van der Waals surface area contributed by atoms with Gasteiger partial charge in [0.15, 0.2) is 0 Å². The third-order valence-corrected chi connectivity index (χ3v) is 3.87. The molecule has 0 fully saturated rings. The van der Waals surface area contributed by atoms with Crippen molar-refractivity contribution in [1.29, 1.82) is 0 Å². The van der Waals surface area contributed by atoms with Crippen molar-refractivity contribution in [3.05, 3.63) is 46.4 Å². The molecule has 0 unspecified atom stereocenters. The van der Waals surface area contributed by atoms with E-state index in [0.29, 0.717) is 17.3 Å². The SMILES string of the molecule is COc1ccc(O)c(C=Nc2nc3ccc(Br)cc3n2C)c1. The van der Waals surface area contributed by atoms with E-state index >= 15 is 0 Å². The zero-order valence-electron chi connectivity index (χ0n) is 12.1. The van der Waals surface area contributed by atoms with Crippen molar-refractivity contribution < 1.29 is 9.84 Å². The first-order chi connectivity index (χ1) is 10.6. The van der Waals surface area contributed by atoms with E-state index in [1.807, 2.05) is 29.8 Å². The van der Waals surface area contributed by atoms with Gasteiger partial charge in [0, 0.05) is 23.3 Å². The van der Waals surface area contributed by atoms with Gasteiger partial charge in [0.05, 0.1) is 18.1 Å². The van der Waals surface area contributed by atoms with Crippen LogP contribution in [-0.4, -0.2) is 28.0 Å². The first-order valence-electron chi connectivity index (χ1n) is 6.61. The highest BCUT2D eigenvalue weighted by Crippen LogP contribution is 2.25. The minimum Gasteiger partial charge on any atom is -0.507 e. The predicted molar refractivity (Wildman–Crippen MR) is 90.3 cm³/mol. The number of nitrogens with zero attached hydrogens (tertiary/aromatic N) is 3. The number of methoxy groups -OCH3 is 1. The highest BCUT2D eigenvalue weighted by molar-refractivity contribution is 9.10. The number of benzene rings is 2. The van der Waals surface area contributed by atoms with Gasteiger partial charge in [-0.25, -0.2) is 9.98 Å². The van der Waals surface area contributed by atoms with Gasteiger partial charge >= 0.3 is 0 Å². The average Bonchev–Trinajstić information content (AvgIpc) is 2.83. The molecular weight excluding hydrogens is 346 g/mol. The van der Waals surface area contributed by atoms with Gasteiger partial charge in [-0.1, -0.05) is 15.9 Å². The number of phenols is 1. The van der Waals surface area contributed by atoms with Crippen LogP contribution in [0.25, 0.3) is 11.0 Å². The topological polar surface area (TPSA) is 59.6 Å². The molecule has 1 N–H and O–H groups in total. The van der Waals surface area contributed by atoms with Crippen LogP contribution in [0.3, 0.4) is 0 Å². The molecule has 3 rings (SSSR count). The summed E-state index contributed by atoms with van der Waals surface area (Å²) in [7, 11) is 3.48. The molecule has 0 atom stereocenters. The van der Waals surface area contributed by atoms with Crippen LogP contribution in [0.1, 0.15) is 5.56 Å². The number of phenolic OH excluding ortho intramolecular Hbond substituents is 1. The van der Waals surface area contributed by atoms with Crippen molar-refractivity contribution in [2.24, 2.45) is 12.0 Å². The summed E-state index contributed by atoms with van der Waals surface area (Å²) in [6.45, 7) is 0. The fourth-order valence-corrected chi connectivity index (χ4v) is 2.50. The maximum Gasteiger partial charge on any atom is 0.230 e. The summed E-state index contributed by atoms with van der Waals surface area (Å²) in [6, 6.07) is 10.9. The Labute approximate surface area is 136 Å². The van der Waals surface area contributed by atoms with Crippen molar-refractivity contribution >= 4 is 39.1 Å². The number of aromatic hydroxyl groups is 1. The van der Waals surface area contributed by atoms with Gasteiger partial charge in [0.1, 0.15) is 11.5 Å². The van der Waals surface area contributed by atoms with Gasteiger partial charge in [0.2, 0.25) is 5.95 Å². The van der Waals surface area contributed by atoms with Gasteiger partial charge in [-0.2, -0.15) is 0 Å². The first kappa shape index (κ1) is 14.6. The number of hydrogen-bond acceptors (Lipinski definition) is 4. The Kier molecular flexibility index (Phi) is 3.85. The molecule has 22 heavy (non-hydrogen) atoms. The van der Waals surface area contributed by atoms with Crippen molar-refractivity contribution in [3.63, 3.8) is 0 Å². The second-order valence-corrected chi connectivity index (χ2v) is 5.70. The molecule has 0 saturated heterocycles. The molecule has 2 aromatic carbocycles. The van der Waals surface area contributed by atoms with E-state index in [1.54, 1.807) is 31.5 Å². The molecule has 0 spiro atoms. The van der Waals surface area contributed by atoms with Crippen LogP contribution in [0.2, 0.25) is 0 Å². The second-order valence-electron chi connectivity index (χ2n) is 4.79. The molecule has 6 heteroatoms. The summed E-state index contributed by atoms with van der Waals surface area (Å²) in [5.74, 6) is 1.37. The van der Waals surface area contributed by atoms with Gasteiger partial charge in [-0.05, 0) is 36.4 Å². The largest absolute Gasteiger partial charge is 0.507 e. The van der Waals surface area contributed by atoms with E-state index in [1.165, 1.54) is 0 Å². The van der Waals surface area contributed by atoms with Crippen molar-refractivity contribution in [2.45, 2.75) is 0 Å². The molecule has 3 aromatic rings. The van der Waals surface area contributed by atoms with Crippen LogP contribution in [0, 0.1) is 0 Å². The minimum atomic E-state index is 0.144. The highest BCUT2D eigenvalue weighted by Gasteiger charge is 2.07. The average molecular weight is 360 g/mol. The first-order valence-corrected chi connectivity index (χ1v) is 7.41. The standard InChI is InChI=1S/C16H14BrN3O2/c1-20-14-8-11(17)3-5-13(14)19-16(20)18-9-10-7-12(22-2)4-6-15(10)21/h3-9,21H,1-2H3. The van der Waals surface area contributed by atoms with E-state index in [4.69, 9.17) is 4.74 Å². The Bertz CT molecular complexity index is 871. The van der Waals surface area contributed by atoms with Gasteiger partial charge in [-0.15, -0.1) is 0 Å². The van der Waals surface area contributed by atoms with Crippen LogP contribution < -0.4 is 4.74 Å². The van der Waals surface area contributed by atoms with Crippen molar-refractivity contribution in [1.82, 2.24) is 9.55 Å². The molecule has 0 aliphatic rings. The third kappa shape index (κ3) is 2.69. The second kappa shape index (κ2) is 5.81. The molecule has 0 amide bonds. The molecule has 0 saturated carbocycles. The molecule has 0 bridgehead atoms. The highest BCUT2D eigenvalue weighted by atomic mass is 79.9. The Balaban J connectivity index is 2.01. The van der Waals surface area contributed by atoms with Gasteiger partial charge in [-0.3, -0.25) is 0 Å². The minimum absolute atomic E-state index is 0.144. The summed E-state index contributed by atoms with van der Waals surface area (Å²) in [5, 5.41) is 9.87. The lowest BCUT2D eigenvalue weighted by molar-refractivity contribution is 0.412. The van der Waals surface area contributed by atoms with Crippen molar-refractivity contribution in [2.75, 3.05) is 7.11 Å². The van der Waals surface area contributed by atoms with Crippen LogP contribution in [0.5, 0.6) is 11.5 Å². The zero-order valence-corrected chi connectivity index (χ0v) is 13.7. The summed E-state index contributed by atoms with van der Waals surface area (Å²) in [5.41, 5.74) is 2.43. The van der Waals surface area contributed by atoms with Crippen molar-refractivity contribution in [3.8, 4) is 11.5 Å². The maximum absolute atomic E-state index is 9.87. The summed E-state index contributed by atoms with van der Waals surface area (Å²) in [4.78, 5) is 8.85. The number of aromatic nitrogens is 2. The Hall–Kier alpha value is -2.34. The smallest absolute Gasteiger partial charge is 0.230 e. The fraction of sp³-hybridized carbons (Fsp3) is 0.125. The molecule has 1 aromatic heterocycles. The molecule has 112 valence electrons. The number of fused-ring (bicyclic) bond motifs is 1. The normalized spacial score (nSPS) is 11.4. The molecule has 0 aliphatic heterocycles. The number of halogens is 1. The predicted octanol–water partition coefficient (Wildman–Crippen LogP) is 3.80. The zero-order chi connectivity index (χ0) is 15.7. The summed E-state index contributed by atoms with van der Waals surface area (Å²) >= 11 is 3.45. The van der Waals surface area contributed by atoms with E-state index in [2.05, 4.69) is 25.9 Å². The summed E-state index contributed by atoms with van der Waals surface area (Å²) < 4.78 is 8.03. The molecule has 0 radical (unpaired) electrons. The lowest BCUT2D eigenvalue weighted by Crippen LogP contribution is -1.89. The van der Waals surface area contributed by atoms with E-state index in [-0.39, 0.29) is 5.75 Å². The molecule has 0 aliphatic carbocycles. The Morgan fingerprint density at radius 1 is 1.27 bits per heavy atom. The Morgan fingerprint density at radius 3 is 2.86 bits per heavy atom. The quantitative estimate of drug-likeness (QED) is 0.723. The Morgan fingerprint density at radius 2 is 2.09 bits per heavy atom. The van der Waals surface area contributed by atoms with Crippen LogP contribution >= 0.6 is 15.9 Å². The lowest BCUT2D eigenvalue weighted by Gasteiger charge is -2.03. The number of aliphatic imine (C=N–C) groups is 1. The van der Waals surface area contributed by atoms with Gasteiger partial charge in [0.25, 0.3) is 0 Å². The summed E-state index contributed by atoms with van der Waals surface area (Å²) in [6.07, 6.45) is 1.58. The van der Waals surface area contributed by atoms with Crippen LogP contribution in [-0.2, 0) is 7.05 Å². The number of imidazole rings is 1. The fourth-order valence-electron chi connectivity index (χ4n) is 2.16.